The summed E-state index contributed by atoms with van der Waals surface area (Å²) in [5.74, 6) is 0. The van der Waals surface area contributed by atoms with E-state index in [0.29, 0.717) is 4.31 Å². The predicted molar refractivity (Wildman–Crippen MR) is 85.0 cm³/mol. The molecule has 7 heteroatoms. The van der Waals surface area contributed by atoms with E-state index in [4.69, 9.17) is 4.74 Å². The van der Waals surface area contributed by atoms with Gasteiger partial charge in [-0.05, 0) is 45.4 Å². The summed E-state index contributed by atoms with van der Waals surface area (Å²) in [6.07, 6.45) is -0.902. The summed E-state index contributed by atoms with van der Waals surface area (Å²) in [5, 5.41) is 0. The summed E-state index contributed by atoms with van der Waals surface area (Å²) in [6, 6.07) is 6.36. The zero-order valence-corrected chi connectivity index (χ0v) is 15.2. The van der Waals surface area contributed by atoms with Crippen molar-refractivity contribution in [2.24, 2.45) is 0 Å². The van der Waals surface area contributed by atoms with Crippen LogP contribution >= 0.6 is 15.9 Å². The lowest BCUT2D eigenvalue weighted by atomic mass is 10.2. The number of carbonyl (C=O) groups excluding carboxylic acids is 1. The first kappa shape index (κ1) is 18.0. The Morgan fingerprint density at radius 2 is 1.71 bits per heavy atom. The van der Waals surface area contributed by atoms with Crippen molar-refractivity contribution in [3.63, 3.8) is 0 Å². The zero-order chi connectivity index (χ0) is 16.4. The molecule has 118 valence electrons. The van der Waals surface area contributed by atoms with Crippen molar-refractivity contribution >= 4 is 32.0 Å². The Morgan fingerprint density at radius 3 is 2.10 bits per heavy atom. The molecule has 0 radical (unpaired) electrons. The number of nitrogens with zero attached hydrogens (tertiary/aromatic N) is 1. The molecule has 0 saturated heterocycles. The van der Waals surface area contributed by atoms with Gasteiger partial charge >= 0.3 is 6.09 Å². The van der Waals surface area contributed by atoms with E-state index in [-0.39, 0.29) is 9.72 Å². The molecule has 1 atom stereocenters. The Morgan fingerprint density at radius 1 is 1.24 bits per heavy atom. The number of halogens is 1. The maximum atomic E-state index is 12.4. The van der Waals surface area contributed by atoms with Crippen LogP contribution in [0.1, 0.15) is 38.1 Å². The van der Waals surface area contributed by atoms with Gasteiger partial charge in [-0.3, -0.25) is 0 Å². The third-order valence-corrected chi connectivity index (χ3v) is 4.92. The molecule has 1 amide bonds. The van der Waals surface area contributed by atoms with Gasteiger partial charge in [-0.1, -0.05) is 28.1 Å². The quantitative estimate of drug-likeness (QED) is 0.753. The SMILES string of the molecule is CC(Br)c1ccc(S(=O)(=O)N(C)C(=O)OC(C)(C)C)cc1. The molecule has 1 rings (SSSR count). The molecule has 5 nitrogen and oxygen atoms in total. The number of rotatable bonds is 3. The van der Waals surface area contributed by atoms with Crippen LogP contribution in [0.5, 0.6) is 0 Å². The van der Waals surface area contributed by atoms with Crippen LogP contribution in [0.15, 0.2) is 29.2 Å². The second-order valence-corrected chi connectivity index (χ2v) is 8.98. The van der Waals surface area contributed by atoms with Crippen LogP contribution in [0, 0.1) is 0 Å². The summed E-state index contributed by atoms with van der Waals surface area (Å²) in [6.45, 7) is 6.98. The van der Waals surface area contributed by atoms with Gasteiger partial charge in [0.05, 0.1) is 4.90 Å². The Hall–Kier alpha value is -1.08. The lowest BCUT2D eigenvalue weighted by Crippen LogP contribution is -2.38. The second-order valence-electron chi connectivity index (χ2n) is 5.64. The van der Waals surface area contributed by atoms with E-state index in [9.17, 15) is 13.2 Å². The Kier molecular flexibility index (Phi) is 5.44. The monoisotopic (exact) mass is 377 g/mol. The average molecular weight is 378 g/mol. The molecule has 0 aliphatic carbocycles. The highest BCUT2D eigenvalue weighted by atomic mass is 79.9. The molecule has 0 saturated carbocycles. The fraction of sp³-hybridized carbons (Fsp3) is 0.500. The molecule has 0 aliphatic heterocycles. The van der Waals surface area contributed by atoms with Crippen molar-refractivity contribution in [3.05, 3.63) is 29.8 Å². The van der Waals surface area contributed by atoms with E-state index in [1.165, 1.54) is 19.2 Å². The van der Waals surface area contributed by atoms with Gasteiger partial charge in [-0.25, -0.2) is 17.5 Å². The molecule has 0 aromatic heterocycles. The molecule has 0 N–H and O–H groups in total. The average Bonchev–Trinajstić information content (AvgIpc) is 2.35. The highest BCUT2D eigenvalue weighted by Gasteiger charge is 2.29. The number of sulfonamides is 1. The molecular weight excluding hydrogens is 358 g/mol. The van der Waals surface area contributed by atoms with E-state index < -0.39 is 21.7 Å². The van der Waals surface area contributed by atoms with Crippen molar-refractivity contribution in [1.29, 1.82) is 0 Å². The minimum atomic E-state index is -3.91. The van der Waals surface area contributed by atoms with E-state index in [2.05, 4.69) is 15.9 Å². The lowest BCUT2D eigenvalue weighted by Gasteiger charge is -2.24. The first-order valence-corrected chi connectivity index (χ1v) is 8.76. The topological polar surface area (TPSA) is 63.7 Å². The van der Waals surface area contributed by atoms with Gasteiger partial charge in [0.1, 0.15) is 5.60 Å². The van der Waals surface area contributed by atoms with Crippen LogP contribution < -0.4 is 0 Å². The number of amides is 1. The van der Waals surface area contributed by atoms with Gasteiger partial charge in [-0.2, -0.15) is 0 Å². The van der Waals surface area contributed by atoms with Gasteiger partial charge < -0.3 is 4.74 Å². The Labute approximate surface area is 134 Å². The standard InChI is InChI=1S/C14H20BrNO4S/c1-10(15)11-6-8-12(9-7-11)21(18,19)16(5)13(17)20-14(2,3)4/h6-10H,1-5H3. The van der Waals surface area contributed by atoms with Crippen molar-refractivity contribution in [1.82, 2.24) is 4.31 Å². The molecule has 1 unspecified atom stereocenters. The highest BCUT2D eigenvalue weighted by Crippen LogP contribution is 2.24. The van der Waals surface area contributed by atoms with Gasteiger partial charge in [0.15, 0.2) is 0 Å². The number of alkyl halides is 1. The summed E-state index contributed by atoms with van der Waals surface area (Å²) >= 11 is 3.41. The molecule has 0 aliphatic rings. The second kappa shape index (κ2) is 6.36. The molecule has 0 bridgehead atoms. The third-order valence-electron chi connectivity index (χ3n) is 2.65. The number of carbonyl (C=O) groups is 1. The summed E-state index contributed by atoms with van der Waals surface area (Å²) in [7, 11) is -2.72. The largest absolute Gasteiger partial charge is 0.443 e. The van der Waals surface area contributed by atoms with Crippen molar-refractivity contribution in [2.45, 2.75) is 43.0 Å². The fourth-order valence-corrected chi connectivity index (χ4v) is 2.82. The number of ether oxygens (including phenoxy) is 1. The van der Waals surface area contributed by atoms with Crippen LogP contribution in [0.2, 0.25) is 0 Å². The summed E-state index contributed by atoms with van der Waals surface area (Å²) in [4.78, 5) is 12.0. The Bertz CT molecular complexity index is 603. The minimum absolute atomic E-state index is 0.0489. The maximum Gasteiger partial charge on any atom is 0.424 e. The van der Waals surface area contributed by atoms with Gasteiger partial charge in [0, 0.05) is 11.9 Å². The third kappa shape index (κ3) is 4.71. The van der Waals surface area contributed by atoms with Crippen molar-refractivity contribution < 1.29 is 17.9 Å². The van der Waals surface area contributed by atoms with Crippen LogP contribution in [-0.4, -0.2) is 31.5 Å². The van der Waals surface area contributed by atoms with E-state index in [1.54, 1.807) is 32.9 Å². The van der Waals surface area contributed by atoms with E-state index >= 15 is 0 Å². The van der Waals surface area contributed by atoms with E-state index in [0.717, 1.165) is 5.56 Å². The Balaban J connectivity index is 3.02. The molecule has 0 heterocycles. The van der Waals surface area contributed by atoms with Crippen LogP contribution in [0.3, 0.4) is 0 Å². The first-order valence-electron chi connectivity index (χ1n) is 6.41. The number of hydrogen-bond donors (Lipinski definition) is 0. The minimum Gasteiger partial charge on any atom is -0.443 e. The van der Waals surface area contributed by atoms with Crippen LogP contribution in [0.4, 0.5) is 4.79 Å². The molecule has 1 aromatic rings. The van der Waals surface area contributed by atoms with Crippen molar-refractivity contribution in [2.75, 3.05) is 7.05 Å². The molecule has 0 spiro atoms. The zero-order valence-electron chi connectivity index (χ0n) is 12.8. The predicted octanol–water partition coefficient (Wildman–Crippen LogP) is 3.70. The molecule has 0 fully saturated rings. The number of hydrogen-bond acceptors (Lipinski definition) is 4. The van der Waals surface area contributed by atoms with Gasteiger partial charge in [0.25, 0.3) is 10.0 Å². The molecule has 1 aromatic carbocycles. The van der Waals surface area contributed by atoms with E-state index in [1.807, 2.05) is 6.92 Å². The molecule has 21 heavy (non-hydrogen) atoms. The van der Waals surface area contributed by atoms with Crippen LogP contribution in [0.25, 0.3) is 0 Å². The van der Waals surface area contributed by atoms with Gasteiger partial charge in [-0.15, -0.1) is 0 Å². The smallest absolute Gasteiger partial charge is 0.424 e. The van der Waals surface area contributed by atoms with Crippen LogP contribution in [-0.2, 0) is 14.8 Å². The lowest BCUT2D eigenvalue weighted by molar-refractivity contribution is 0.0420. The highest BCUT2D eigenvalue weighted by molar-refractivity contribution is 9.09. The van der Waals surface area contributed by atoms with Crippen molar-refractivity contribution in [3.8, 4) is 0 Å². The van der Waals surface area contributed by atoms with Gasteiger partial charge in [0.2, 0.25) is 0 Å². The summed E-state index contributed by atoms with van der Waals surface area (Å²) < 4.78 is 30.4. The summed E-state index contributed by atoms with van der Waals surface area (Å²) in [5.41, 5.74) is 0.199. The molecular formula is C14H20BrNO4S. The maximum absolute atomic E-state index is 12.4. The fourth-order valence-electron chi connectivity index (χ4n) is 1.49. The first-order chi connectivity index (χ1) is 9.45. The number of benzene rings is 1. The normalized spacial score (nSPS) is 13.6.